The van der Waals surface area contributed by atoms with Crippen molar-refractivity contribution in [3.8, 4) is 5.75 Å². The molecule has 2 amide bonds. The molecule has 0 heterocycles. The van der Waals surface area contributed by atoms with Gasteiger partial charge in [-0.25, -0.2) is 0 Å². The van der Waals surface area contributed by atoms with Gasteiger partial charge in [-0.15, -0.1) is 0 Å². The molecule has 0 aliphatic rings. The number of anilines is 1. The third-order valence-corrected chi connectivity index (χ3v) is 4.24. The van der Waals surface area contributed by atoms with Gasteiger partial charge in [0.25, 0.3) is 5.91 Å². The van der Waals surface area contributed by atoms with Crippen LogP contribution in [-0.4, -0.2) is 36.9 Å². The molecule has 0 aliphatic heterocycles. The Bertz CT molecular complexity index is 737. The van der Waals surface area contributed by atoms with E-state index >= 15 is 0 Å². The maximum absolute atomic E-state index is 12.3. The molecular formula is C21H26N2O3. The van der Waals surface area contributed by atoms with Gasteiger partial charge in [-0.2, -0.15) is 0 Å². The van der Waals surface area contributed by atoms with Crippen molar-refractivity contribution in [1.29, 1.82) is 0 Å². The Morgan fingerprint density at radius 3 is 2.35 bits per heavy atom. The number of nitrogens with one attached hydrogen (secondary N) is 1. The summed E-state index contributed by atoms with van der Waals surface area (Å²) in [4.78, 5) is 26.2. The first kappa shape index (κ1) is 19.5. The van der Waals surface area contributed by atoms with Crippen molar-refractivity contribution in [1.82, 2.24) is 4.90 Å². The summed E-state index contributed by atoms with van der Waals surface area (Å²) in [6.45, 7) is 5.27. The number of ether oxygens (including phenoxy) is 1. The number of hydrogen-bond donors (Lipinski definition) is 1. The van der Waals surface area contributed by atoms with Crippen LogP contribution in [0.4, 0.5) is 5.69 Å². The largest absolute Gasteiger partial charge is 0.497 e. The van der Waals surface area contributed by atoms with Crippen LogP contribution >= 0.6 is 0 Å². The van der Waals surface area contributed by atoms with Crippen LogP contribution in [0, 0.1) is 0 Å². The monoisotopic (exact) mass is 354 g/mol. The van der Waals surface area contributed by atoms with Gasteiger partial charge in [-0.05, 0) is 62.2 Å². The lowest BCUT2D eigenvalue weighted by atomic mass is 10.1. The molecule has 0 saturated carbocycles. The molecule has 0 bridgehead atoms. The van der Waals surface area contributed by atoms with E-state index in [2.05, 4.69) is 5.32 Å². The van der Waals surface area contributed by atoms with E-state index in [1.807, 2.05) is 38.1 Å². The van der Waals surface area contributed by atoms with E-state index < -0.39 is 0 Å². The summed E-state index contributed by atoms with van der Waals surface area (Å²) in [7, 11) is 1.63. The van der Waals surface area contributed by atoms with E-state index in [4.69, 9.17) is 4.74 Å². The van der Waals surface area contributed by atoms with Crippen LogP contribution in [0.2, 0.25) is 0 Å². The average Bonchev–Trinajstić information content (AvgIpc) is 2.68. The number of hydrogen-bond acceptors (Lipinski definition) is 3. The molecule has 0 spiro atoms. The highest BCUT2D eigenvalue weighted by Gasteiger charge is 2.12. The highest BCUT2D eigenvalue weighted by molar-refractivity contribution is 5.95. The zero-order valence-corrected chi connectivity index (χ0v) is 15.6. The first-order chi connectivity index (χ1) is 12.6. The second-order valence-corrected chi connectivity index (χ2v) is 5.95. The van der Waals surface area contributed by atoms with Crippen LogP contribution in [0.25, 0.3) is 0 Å². The summed E-state index contributed by atoms with van der Waals surface area (Å²) < 4.78 is 5.19. The second-order valence-electron chi connectivity index (χ2n) is 5.95. The molecule has 138 valence electrons. The Hall–Kier alpha value is -2.82. The van der Waals surface area contributed by atoms with Crippen LogP contribution in [0.1, 0.15) is 36.2 Å². The van der Waals surface area contributed by atoms with Crippen molar-refractivity contribution in [3.05, 3.63) is 59.7 Å². The molecule has 2 aromatic carbocycles. The minimum Gasteiger partial charge on any atom is -0.497 e. The number of nitrogens with zero attached hydrogens (tertiary/aromatic N) is 1. The molecule has 0 fully saturated rings. The van der Waals surface area contributed by atoms with E-state index in [0.29, 0.717) is 37.2 Å². The van der Waals surface area contributed by atoms with Crippen LogP contribution in [0.3, 0.4) is 0 Å². The Labute approximate surface area is 155 Å². The predicted octanol–water partition coefficient (Wildman–Crippen LogP) is 3.75. The minimum atomic E-state index is -0.0596. The maximum Gasteiger partial charge on any atom is 0.253 e. The van der Waals surface area contributed by atoms with Crippen LogP contribution in [0.5, 0.6) is 5.75 Å². The zero-order valence-electron chi connectivity index (χ0n) is 15.6. The fraction of sp³-hybridized carbons (Fsp3) is 0.333. The summed E-state index contributed by atoms with van der Waals surface area (Å²) in [5.41, 5.74) is 2.37. The maximum atomic E-state index is 12.3. The quantitative estimate of drug-likeness (QED) is 0.785. The molecule has 0 aromatic heterocycles. The van der Waals surface area contributed by atoms with Gasteiger partial charge < -0.3 is 15.0 Å². The topological polar surface area (TPSA) is 58.6 Å². The Morgan fingerprint density at radius 2 is 1.73 bits per heavy atom. The van der Waals surface area contributed by atoms with Gasteiger partial charge in [0.15, 0.2) is 0 Å². The van der Waals surface area contributed by atoms with Gasteiger partial charge in [-0.3, -0.25) is 9.59 Å². The predicted molar refractivity (Wildman–Crippen MR) is 104 cm³/mol. The van der Waals surface area contributed by atoms with E-state index in [9.17, 15) is 9.59 Å². The fourth-order valence-electron chi connectivity index (χ4n) is 2.70. The van der Waals surface area contributed by atoms with Gasteiger partial charge in [0.1, 0.15) is 5.75 Å². The van der Waals surface area contributed by atoms with Gasteiger partial charge in [0.2, 0.25) is 5.91 Å². The molecule has 2 aromatic rings. The van der Waals surface area contributed by atoms with Gasteiger partial charge in [-0.1, -0.05) is 12.1 Å². The van der Waals surface area contributed by atoms with Gasteiger partial charge in [0, 0.05) is 30.8 Å². The molecule has 5 nitrogen and oxygen atoms in total. The highest BCUT2D eigenvalue weighted by Crippen LogP contribution is 2.15. The van der Waals surface area contributed by atoms with E-state index in [1.165, 1.54) is 0 Å². The molecule has 0 aliphatic carbocycles. The smallest absolute Gasteiger partial charge is 0.253 e. The fourth-order valence-corrected chi connectivity index (χ4v) is 2.70. The lowest BCUT2D eigenvalue weighted by molar-refractivity contribution is -0.116. The van der Waals surface area contributed by atoms with Crippen molar-refractivity contribution in [3.63, 3.8) is 0 Å². The molecule has 26 heavy (non-hydrogen) atoms. The summed E-state index contributed by atoms with van der Waals surface area (Å²) in [5.74, 6) is 0.734. The Morgan fingerprint density at radius 1 is 1.04 bits per heavy atom. The SMILES string of the molecule is CCN(CC)C(=O)c1ccc(NC(=O)CCc2cccc(OC)c2)cc1. The lowest BCUT2D eigenvalue weighted by Crippen LogP contribution is -2.30. The van der Waals surface area contributed by atoms with E-state index in [-0.39, 0.29) is 11.8 Å². The lowest BCUT2D eigenvalue weighted by Gasteiger charge is -2.18. The van der Waals surface area contributed by atoms with Gasteiger partial charge >= 0.3 is 0 Å². The number of amides is 2. The minimum absolute atomic E-state index is 0.00546. The van der Waals surface area contributed by atoms with Crippen LogP contribution < -0.4 is 10.1 Å². The summed E-state index contributed by atoms with van der Waals surface area (Å²) in [6.07, 6.45) is 1.02. The summed E-state index contributed by atoms with van der Waals surface area (Å²) in [5, 5.41) is 2.87. The molecule has 0 radical (unpaired) electrons. The number of benzene rings is 2. The summed E-state index contributed by atoms with van der Waals surface area (Å²) >= 11 is 0. The average molecular weight is 354 g/mol. The Kier molecular flexibility index (Phi) is 7.21. The molecular weight excluding hydrogens is 328 g/mol. The molecule has 0 atom stereocenters. The molecule has 1 N–H and O–H groups in total. The van der Waals surface area contributed by atoms with Crippen molar-refractivity contribution in [2.24, 2.45) is 0 Å². The first-order valence-electron chi connectivity index (χ1n) is 8.89. The normalized spacial score (nSPS) is 10.3. The third-order valence-electron chi connectivity index (χ3n) is 4.24. The van der Waals surface area contributed by atoms with Crippen LogP contribution in [-0.2, 0) is 11.2 Å². The van der Waals surface area contributed by atoms with Crippen molar-refractivity contribution in [2.75, 3.05) is 25.5 Å². The van der Waals surface area contributed by atoms with Crippen molar-refractivity contribution in [2.45, 2.75) is 26.7 Å². The number of aryl methyl sites for hydroxylation is 1. The summed E-state index contributed by atoms with van der Waals surface area (Å²) in [6, 6.07) is 14.7. The van der Waals surface area contributed by atoms with E-state index in [1.54, 1.807) is 36.3 Å². The van der Waals surface area contributed by atoms with E-state index in [0.717, 1.165) is 11.3 Å². The highest BCUT2D eigenvalue weighted by atomic mass is 16.5. The van der Waals surface area contributed by atoms with Gasteiger partial charge in [0.05, 0.1) is 7.11 Å². The first-order valence-corrected chi connectivity index (χ1v) is 8.89. The number of carbonyl (C=O) groups is 2. The molecule has 0 saturated heterocycles. The molecule has 0 unspecified atom stereocenters. The number of methoxy groups -OCH3 is 1. The standard InChI is InChI=1S/C21H26N2O3/c1-4-23(5-2)21(25)17-10-12-18(13-11-17)22-20(24)14-9-16-7-6-8-19(15-16)26-3/h6-8,10-13,15H,4-5,9,14H2,1-3H3,(H,22,24). The second kappa shape index (κ2) is 9.61. The molecule has 2 rings (SSSR count). The zero-order chi connectivity index (χ0) is 18.9. The number of carbonyl (C=O) groups excluding carboxylic acids is 2. The van der Waals surface area contributed by atoms with Crippen molar-refractivity contribution < 1.29 is 14.3 Å². The third kappa shape index (κ3) is 5.34. The van der Waals surface area contributed by atoms with Crippen molar-refractivity contribution >= 4 is 17.5 Å². The van der Waals surface area contributed by atoms with Crippen LogP contribution in [0.15, 0.2) is 48.5 Å². The Balaban J connectivity index is 1.89. The molecule has 5 heteroatoms. The number of rotatable bonds is 8.